The maximum absolute atomic E-state index is 13.7. The van der Waals surface area contributed by atoms with E-state index < -0.39 is 5.82 Å². The van der Waals surface area contributed by atoms with Gasteiger partial charge in [-0.3, -0.25) is 9.69 Å². The third kappa shape index (κ3) is 6.21. The van der Waals surface area contributed by atoms with E-state index in [4.69, 9.17) is 16.3 Å². The number of rotatable bonds is 10. The van der Waals surface area contributed by atoms with Gasteiger partial charge in [0.1, 0.15) is 23.7 Å². The highest BCUT2D eigenvalue weighted by Crippen LogP contribution is 2.53. The molecule has 3 aromatic rings. The quantitative estimate of drug-likeness (QED) is 0.270. The van der Waals surface area contributed by atoms with Crippen LogP contribution in [0.15, 0.2) is 48.8 Å². The number of aromatic nitrogens is 2. The number of hydrogen-bond donors (Lipinski definition) is 2. The summed E-state index contributed by atoms with van der Waals surface area (Å²) in [6, 6.07) is 8.75. The van der Waals surface area contributed by atoms with Crippen LogP contribution in [-0.2, 0) is 4.79 Å². The van der Waals surface area contributed by atoms with Gasteiger partial charge in [0.2, 0.25) is 5.91 Å². The van der Waals surface area contributed by atoms with Crippen LogP contribution in [0, 0.1) is 29.5 Å². The lowest BCUT2D eigenvalue weighted by atomic mass is 9.80. The molecule has 5 aliphatic rings. The van der Waals surface area contributed by atoms with E-state index in [-0.39, 0.29) is 10.9 Å². The molecular weight excluding hydrogens is 567 g/mol. The number of likely N-dealkylation sites (tertiary alicyclic amines) is 1. The summed E-state index contributed by atoms with van der Waals surface area (Å²) in [5.74, 6) is 3.48. The summed E-state index contributed by atoms with van der Waals surface area (Å²) >= 11 is 6.00. The molecule has 2 N–H and O–H groups in total. The number of halogens is 2. The summed E-state index contributed by atoms with van der Waals surface area (Å²) in [6.07, 6.45) is 11.3. The molecule has 0 radical (unpaired) electrons. The van der Waals surface area contributed by atoms with Gasteiger partial charge >= 0.3 is 0 Å². The molecule has 3 aliphatic heterocycles. The fraction of sp³-hybridized carbons (Fsp3) is 0.485. The number of fused-ring (bicyclic) bond motifs is 5. The number of nitrogens with zero attached hydrogens (tertiary/aromatic N) is 4. The Morgan fingerprint density at radius 2 is 1.93 bits per heavy atom. The SMILES string of the molecule is CN1CC2C(CCOc3cc4ncnc(Nc5ccc(F)c(Cl)c5)c4cc3NC(=O)/C=C/CN3CC4CCC3CC4)[C@H]2C1. The van der Waals surface area contributed by atoms with Crippen LogP contribution in [0.25, 0.3) is 10.9 Å². The van der Waals surface area contributed by atoms with Gasteiger partial charge < -0.3 is 20.3 Å². The van der Waals surface area contributed by atoms with Gasteiger partial charge in [-0.2, -0.15) is 0 Å². The molecule has 0 spiro atoms. The van der Waals surface area contributed by atoms with Crippen LogP contribution in [-0.4, -0.2) is 71.6 Å². The number of anilines is 3. The molecule has 2 unspecified atom stereocenters. The van der Waals surface area contributed by atoms with Crippen molar-refractivity contribution in [2.75, 3.05) is 50.5 Å². The second kappa shape index (κ2) is 12.0. The molecule has 1 aromatic heterocycles. The highest BCUT2D eigenvalue weighted by atomic mass is 35.5. The Balaban J connectivity index is 1.09. The number of hydrogen-bond acceptors (Lipinski definition) is 7. The Bertz CT molecular complexity index is 1530. The summed E-state index contributed by atoms with van der Waals surface area (Å²) in [5, 5.41) is 6.97. The van der Waals surface area contributed by atoms with Crippen molar-refractivity contribution in [1.29, 1.82) is 0 Å². The standard InChI is InChI=1S/C33H38ClFN6O2/c1-40-17-25-23(26(25)18-40)10-12-43-31-15-29-24(33(37-19-36-29)38-21-6-9-28(35)27(34)13-21)14-30(31)39-32(42)3-2-11-41-16-20-4-7-22(41)8-5-20/h2-3,6,9,13-15,19-20,22-23,25-26H,4-5,7-8,10-12,16-18H2,1H3,(H,39,42)(H,36,37,38)/b3-2+/t20?,22?,23?,25-,26?/m1/s1. The van der Waals surface area contributed by atoms with Crippen molar-refractivity contribution in [1.82, 2.24) is 19.8 Å². The van der Waals surface area contributed by atoms with Crippen LogP contribution in [0.5, 0.6) is 5.75 Å². The van der Waals surface area contributed by atoms with Gasteiger partial charge in [0.25, 0.3) is 0 Å². The molecule has 5 fully saturated rings. The van der Waals surface area contributed by atoms with E-state index in [0.29, 0.717) is 52.4 Å². The second-order valence-electron chi connectivity index (χ2n) is 12.7. The van der Waals surface area contributed by atoms with Gasteiger partial charge in [-0.15, -0.1) is 0 Å². The number of carbonyl (C=O) groups excluding carboxylic acids is 1. The second-order valence-corrected chi connectivity index (χ2v) is 13.1. The molecule has 2 bridgehead atoms. The molecule has 3 saturated heterocycles. The van der Waals surface area contributed by atoms with Gasteiger partial charge in [0.15, 0.2) is 0 Å². The van der Waals surface area contributed by atoms with Crippen molar-refractivity contribution in [2.45, 2.75) is 38.1 Å². The van der Waals surface area contributed by atoms with Crippen molar-refractivity contribution < 1.29 is 13.9 Å². The van der Waals surface area contributed by atoms with Crippen molar-refractivity contribution in [2.24, 2.45) is 23.7 Å². The van der Waals surface area contributed by atoms with E-state index in [0.717, 1.165) is 37.3 Å². The number of nitrogens with one attached hydrogen (secondary N) is 2. The summed E-state index contributed by atoms with van der Waals surface area (Å²) in [4.78, 5) is 26.9. The fourth-order valence-corrected chi connectivity index (χ4v) is 7.75. The maximum atomic E-state index is 13.7. The zero-order chi connectivity index (χ0) is 29.5. The molecule has 10 heteroatoms. The summed E-state index contributed by atoms with van der Waals surface area (Å²) < 4.78 is 20.0. The predicted molar refractivity (Wildman–Crippen MR) is 167 cm³/mol. The third-order valence-corrected chi connectivity index (χ3v) is 10.2. The maximum Gasteiger partial charge on any atom is 0.248 e. The van der Waals surface area contributed by atoms with Gasteiger partial charge in [0.05, 0.1) is 22.8 Å². The fourth-order valence-electron chi connectivity index (χ4n) is 7.57. The molecule has 8 nitrogen and oxygen atoms in total. The Labute approximate surface area is 256 Å². The van der Waals surface area contributed by atoms with Gasteiger partial charge in [0, 0.05) is 55.4 Å². The van der Waals surface area contributed by atoms with Crippen molar-refractivity contribution in [3.8, 4) is 5.75 Å². The molecule has 8 rings (SSSR count). The van der Waals surface area contributed by atoms with E-state index in [1.54, 1.807) is 12.1 Å². The van der Waals surface area contributed by atoms with Crippen molar-refractivity contribution >= 4 is 45.6 Å². The Hall–Kier alpha value is -3.27. The van der Waals surface area contributed by atoms with Gasteiger partial charge in [-0.05, 0) is 87.1 Å². The zero-order valence-corrected chi connectivity index (χ0v) is 25.2. The third-order valence-electron chi connectivity index (χ3n) is 9.87. The van der Waals surface area contributed by atoms with Gasteiger partial charge in [-0.25, -0.2) is 14.4 Å². The van der Waals surface area contributed by atoms with Crippen LogP contribution in [0.3, 0.4) is 0 Å². The molecular formula is C33H38ClFN6O2. The van der Waals surface area contributed by atoms with Crippen LogP contribution < -0.4 is 15.4 Å². The molecule has 2 aliphatic carbocycles. The average Bonchev–Trinajstić information content (AvgIpc) is 3.46. The number of piperidine rings is 3. The Morgan fingerprint density at radius 1 is 1.12 bits per heavy atom. The average molecular weight is 605 g/mol. The van der Waals surface area contributed by atoms with E-state index >= 15 is 0 Å². The van der Waals surface area contributed by atoms with E-state index in [1.165, 1.54) is 57.2 Å². The normalized spacial score (nSPS) is 26.6. The van der Waals surface area contributed by atoms with Crippen molar-refractivity contribution in [3.05, 3.63) is 59.7 Å². The van der Waals surface area contributed by atoms with Crippen LogP contribution in [0.2, 0.25) is 5.02 Å². The number of amides is 1. The summed E-state index contributed by atoms with van der Waals surface area (Å²) in [7, 11) is 2.18. The van der Waals surface area contributed by atoms with Crippen LogP contribution in [0.1, 0.15) is 32.1 Å². The predicted octanol–water partition coefficient (Wildman–Crippen LogP) is 6.11. The number of benzene rings is 2. The zero-order valence-electron chi connectivity index (χ0n) is 24.4. The topological polar surface area (TPSA) is 82.6 Å². The molecule has 3 atom stereocenters. The number of carbonyl (C=O) groups is 1. The molecule has 4 heterocycles. The monoisotopic (exact) mass is 604 g/mol. The van der Waals surface area contributed by atoms with Crippen molar-refractivity contribution in [3.63, 3.8) is 0 Å². The first-order valence-electron chi connectivity index (χ1n) is 15.4. The summed E-state index contributed by atoms with van der Waals surface area (Å²) in [5.41, 5.74) is 1.82. The lowest BCUT2D eigenvalue weighted by Gasteiger charge is -2.45. The minimum absolute atomic E-state index is 0.0163. The van der Waals surface area contributed by atoms with E-state index in [2.05, 4.69) is 37.4 Å². The van der Waals surface area contributed by atoms with E-state index in [9.17, 15) is 9.18 Å². The van der Waals surface area contributed by atoms with Crippen LogP contribution >= 0.6 is 11.6 Å². The summed E-state index contributed by atoms with van der Waals surface area (Å²) in [6.45, 7) is 4.84. The van der Waals surface area contributed by atoms with Crippen LogP contribution in [0.4, 0.5) is 21.6 Å². The number of ether oxygens (including phenoxy) is 1. The molecule has 2 saturated carbocycles. The van der Waals surface area contributed by atoms with Gasteiger partial charge in [-0.1, -0.05) is 17.7 Å². The minimum Gasteiger partial charge on any atom is -0.491 e. The smallest absolute Gasteiger partial charge is 0.248 e. The highest BCUT2D eigenvalue weighted by molar-refractivity contribution is 6.31. The Kier molecular flexibility index (Phi) is 7.97. The first-order chi connectivity index (χ1) is 20.9. The first-order valence-corrected chi connectivity index (χ1v) is 15.8. The largest absolute Gasteiger partial charge is 0.491 e. The molecule has 43 heavy (non-hydrogen) atoms. The highest BCUT2D eigenvalue weighted by Gasteiger charge is 2.53. The minimum atomic E-state index is -0.491. The lowest BCUT2D eigenvalue weighted by molar-refractivity contribution is -0.111. The molecule has 1 amide bonds. The first kappa shape index (κ1) is 28.5. The lowest BCUT2D eigenvalue weighted by Crippen LogP contribution is -2.47. The molecule has 226 valence electrons. The van der Waals surface area contributed by atoms with E-state index in [1.807, 2.05) is 18.2 Å². The molecule has 2 aromatic carbocycles. The Morgan fingerprint density at radius 3 is 2.67 bits per heavy atom.